The number of carbonyl (C=O) groups excluding carboxylic acids is 2. The lowest BCUT2D eigenvalue weighted by Crippen LogP contribution is -2.37. The van der Waals surface area contributed by atoms with Gasteiger partial charge in [0.15, 0.2) is 0 Å². The Morgan fingerprint density at radius 3 is 2.50 bits per heavy atom. The molecule has 1 heterocycles. The Bertz CT molecular complexity index is 481. The van der Waals surface area contributed by atoms with Crippen LogP contribution in [-0.2, 0) is 11.3 Å². The lowest BCUT2D eigenvalue weighted by Gasteiger charge is -2.24. The fourth-order valence-corrected chi connectivity index (χ4v) is 2.40. The molecule has 2 rings (SSSR count). The Morgan fingerprint density at radius 2 is 1.94 bits per heavy atom. The number of amides is 2. The molecule has 1 saturated heterocycles. The smallest absolute Gasteiger partial charge is 0.335 e. The van der Waals surface area contributed by atoms with Crippen LogP contribution < -0.4 is 0 Å². The lowest BCUT2D eigenvalue weighted by atomic mass is 10.1. The Balaban J connectivity index is 2.11. The Hall–Kier alpha value is -1.82. The summed E-state index contributed by atoms with van der Waals surface area (Å²) in [4.78, 5) is 35.0. The monoisotopic (exact) mass is 265 g/mol. The Morgan fingerprint density at radius 1 is 1.28 bits per heavy atom. The third-order valence-corrected chi connectivity index (χ3v) is 3.48. The second-order valence-electron chi connectivity index (χ2n) is 3.85. The molecule has 0 aliphatic carbocycles. The zero-order chi connectivity index (χ0) is 13.1. The molecule has 18 heavy (non-hydrogen) atoms. The van der Waals surface area contributed by atoms with Crippen molar-refractivity contribution in [3.05, 3.63) is 35.4 Å². The van der Waals surface area contributed by atoms with Gasteiger partial charge in [-0.2, -0.15) is 0 Å². The maximum atomic E-state index is 11.6. The van der Waals surface area contributed by atoms with Crippen molar-refractivity contribution in [3.63, 3.8) is 0 Å². The number of benzene rings is 1. The van der Waals surface area contributed by atoms with Crippen LogP contribution in [0.2, 0.25) is 0 Å². The van der Waals surface area contributed by atoms with Gasteiger partial charge in [0.1, 0.15) is 0 Å². The van der Waals surface area contributed by atoms with Crippen molar-refractivity contribution >= 4 is 28.9 Å². The van der Waals surface area contributed by atoms with E-state index in [-0.39, 0.29) is 23.3 Å². The number of thioether (sulfide) groups is 1. The molecular formula is C12H11NO4S. The first-order chi connectivity index (χ1) is 8.58. The van der Waals surface area contributed by atoms with Crippen molar-refractivity contribution in [2.24, 2.45) is 0 Å². The van der Waals surface area contributed by atoms with E-state index in [0.717, 1.165) is 17.3 Å². The predicted octanol–water partition coefficient (Wildman–Crippen LogP) is 1.97. The highest BCUT2D eigenvalue weighted by molar-refractivity contribution is 8.13. The van der Waals surface area contributed by atoms with E-state index in [1.807, 2.05) is 0 Å². The van der Waals surface area contributed by atoms with E-state index in [1.54, 1.807) is 12.1 Å². The summed E-state index contributed by atoms with van der Waals surface area (Å²) >= 11 is 1.13. The molecule has 5 nitrogen and oxygen atoms in total. The molecule has 1 N–H and O–H groups in total. The Kier molecular flexibility index (Phi) is 3.66. The van der Waals surface area contributed by atoms with E-state index in [1.165, 1.54) is 17.0 Å². The lowest BCUT2D eigenvalue weighted by molar-refractivity contribution is -0.128. The van der Waals surface area contributed by atoms with Crippen LogP contribution in [0, 0.1) is 0 Å². The number of nitrogens with zero attached hydrogens (tertiary/aromatic N) is 1. The van der Waals surface area contributed by atoms with Gasteiger partial charge in [-0.25, -0.2) is 4.79 Å². The van der Waals surface area contributed by atoms with Crippen LogP contribution in [0.5, 0.6) is 0 Å². The largest absolute Gasteiger partial charge is 0.478 e. The van der Waals surface area contributed by atoms with Gasteiger partial charge in [0.2, 0.25) is 5.91 Å². The minimum atomic E-state index is -0.998. The molecule has 6 heteroatoms. The topological polar surface area (TPSA) is 74.7 Å². The van der Waals surface area contributed by atoms with E-state index < -0.39 is 5.97 Å². The minimum absolute atomic E-state index is 0.180. The van der Waals surface area contributed by atoms with Gasteiger partial charge in [0.05, 0.1) is 12.1 Å². The van der Waals surface area contributed by atoms with Gasteiger partial charge >= 0.3 is 5.97 Å². The average Bonchev–Trinajstić information content (AvgIpc) is 2.34. The van der Waals surface area contributed by atoms with Gasteiger partial charge in [-0.15, -0.1) is 0 Å². The van der Waals surface area contributed by atoms with E-state index in [4.69, 9.17) is 5.11 Å². The second kappa shape index (κ2) is 5.22. The van der Waals surface area contributed by atoms with Gasteiger partial charge in [0, 0.05) is 12.2 Å². The molecule has 1 aromatic rings. The molecule has 1 aromatic carbocycles. The van der Waals surface area contributed by atoms with Gasteiger partial charge in [0.25, 0.3) is 5.24 Å². The Labute approximate surface area is 108 Å². The summed E-state index contributed by atoms with van der Waals surface area (Å²) in [5.74, 6) is -0.644. The summed E-state index contributed by atoms with van der Waals surface area (Å²) in [6.07, 6.45) is 0.365. The highest BCUT2D eigenvalue weighted by Crippen LogP contribution is 2.20. The molecule has 1 aliphatic rings. The van der Waals surface area contributed by atoms with Crippen molar-refractivity contribution in [2.75, 3.05) is 5.75 Å². The number of carbonyl (C=O) groups is 3. The van der Waals surface area contributed by atoms with Crippen LogP contribution in [0.15, 0.2) is 24.3 Å². The molecule has 0 saturated carbocycles. The maximum Gasteiger partial charge on any atom is 0.335 e. The molecule has 1 fully saturated rings. The molecule has 0 atom stereocenters. The van der Waals surface area contributed by atoms with Crippen molar-refractivity contribution in [1.82, 2.24) is 4.90 Å². The molecule has 0 aromatic heterocycles. The molecule has 0 unspecified atom stereocenters. The molecule has 0 spiro atoms. The number of hydrogen-bond donors (Lipinski definition) is 1. The van der Waals surface area contributed by atoms with Crippen LogP contribution in [0.3, 0.4) is 0 Å². The van der Waals surface area contributed by atoms with E-state index in [2.05, 4.69) is 0 Å². The first-order valence-corrected chi connectivity index (χ1v) is 6.36. The first-order valence-electron chi connectivity index (χ1n) is 5.37. The van der Waals surface area contributed by atoms with Gasteiger partial charge in [-0.05, 0) is 17.7 Å². The fraction of sp³-hybridized carbons (Fsp3) is 0.250. The molecule has 0 bridgehead atoms. The number of aromatic carboxylic acids is 1. The van der Waals surface area contributed by atoms with Gasteiger partial charge in [-0.1, -0.05) is 23.9 Å². The summed E-state index contributed by atoms with van der Waals surface area (Å²) in [6, 6.07) is 6.15. The van der Waals surface area contributed by atoms with Crippen molar-refractivity contribution in [2.45, 2.75) is 13.0 Å². The third kappa shape index (κ3) is 2.70. The van der Waals surface area contributed by atoms with Crippen LogP contribution in [-0.4, -0.2) is 32.9 Å². The van der Waals surface area contributed by atoms with E-state index in [0.29, 0.717) is 12.2 Å². The maximum absolute atomic E-state index is 11.6. The van der Waals surface area contributed by atoms with Crippen molar-refractivity contribution in [3.8, 4) is 0 Å². The predicted molar refractivity (Wildman–Crippen MR) is 66.4 cm³/mol. The summed E-state index contributed by atoms with van der Waals surface area (Å²) in [5, 5.41) is 8.52. The summed E-state index contributed by atoms with van der Waals surface area (Å²) in [5.41, 5.74) is 0.925. The summed E-state index contributed by atoms with van der Waals surface area (Å²) in [6.45, 7) is 0.199. The van der Waals surface area contributed by atoms with Crippen LogP contribution >= 0.6 is 11.8 Å². The van der Waals surface area contributed by atoms with Crippen LogP contribution in [0.4, 0.5) is 4.79 Å². The van der Waals surface area contributed by atoms with Gasteiger partial charge < -0.3 is 5.11 Å². The fourth-order valence-electron chi connectivity index (χ4n) is 1.63. The highest BCUT2D eigenvalue weighted by Gasteiger charge is 2.26. The average molecular weight is 265 g/mol. The van der Waals surface area contributed by atoms with Crippen LogP contribution in [0.25, 0.3) is 0 Å². The number of carboxylic acid groups (broad SMARTS) is 1. The molecule has 0 radical (unpaired) electrons. The van der Waals surface area contributed by atoms with E-state index >= 15 is 0 Å². The molecular weight excluding hydrogens is 254 g/mol. The molecule has 2 amide bonds. The summed E-state index contributed by atoms with van der Waals surface area (Å²) < 4.78 is 0. The SMILES string of the molecule is O=C(O)c1ccc(CN2C(=O)CCSC2=O)cc1. The van der Waals surface area contributed by atoms with Crippen molar-refractivity contribution < 1.29 is 19.5 Å². The number of carboxylic acids is 1. The first kappa shape index (κ1) is 12.6. The number of imide groups is 1. The molecule has 1 aliphatic heterocycles. The molecule has 94 valence electrons. The third-order valence-electron chi connectivity index (χ3n) is 2.60. The minimum Gasteiger partial charge on any atom is -0.478 e. The number of rotatable bonds is 3. The summed E-state index contributed by atoms with van der Waals surface area (Å²) in [7, 11) is 0. The van der Waals surface area contributed by atoms with E-state index in [9.17, 15) is 14.4 Å². The quantitative estimate of drug-likeness (QED) is 0.904. The number of hydrogen-bond acceptors (Lipinski definition) is 4. The zero-order valence-corrected chi connectivity index (χ0v) is 10.3. The standard InChI is InChI=1S/C12H11NO4S/c14-10-5-6-18-12(17)13(10)7-8-1-3-9(4-2-8)11(15)16/h1-4H,5-7H2,(H,15,16). The highest BCUT2D eigenvalue weighted by atomic mass is 32.2. The van der Waals surface area contributed by atoms with Crippen molar-refractivity contribution in [1.29, 1.82) is 0 Å². The zero-order valence-electron chi connectivity index (χ0n) is 9.46. The second-order valence-corrected chi connectivity index (χ2v) is 4.89. The van der Waals surface area contributed by atoms with Crippen LogP contribution in [0.1, 0.15) is 22.3 Å². The normalized spacial score (nSPS) is 15.9. The van der Waals surface area contributed by atoms with Gasteiger partial charge in [-0.3, -0.25) is 14.5 Å².